The lowest BCUT2D eigenvalue weighted by Crippen LogP contribution is -2.31. The zero-order chi connectivity index (χ0) is 11.3. The number of aliphatic hydroxyl groups excluding tert-OH is 1. The van der Waals surface area contributed by atoms with Crippen LogP contribution in [0.1, 0.15) is 5.56 Å². The van der Waals surface area contributed by atoms with Crippen LogP contribution in [-0.4, -0.2) is 34.4 Å². The quantitative estimate of drug-likeness (QED) is 0.757. The van der Waals surface area contributed by atoms with Crippen molar-refractivity contribution in [2.75, 3.05) is 18.5 Å². The van der Waals surface area contributed by atoms with Crippen LogP contribution in [0.2, 0.25) is 0 Å². The molecule has 0 aromatic carbocycles. The maximum absolute atomic E-state index is 12.6. The molecule has 0 spiro atoms. The van der Waals surface area contributed by atoms with Crippen LogP contribution in [0.25, 0.3) is 0 Å². The molecule has 2 N–H and O–H groups in total. The van der Waals surface area contributed by atoms with Crippen molar-refractivity contribution in [1.29, 1.82) is 5.26 Å². The third-order valence-corrected chi connectivity index (χ3v) is 1.59. The summed E-state index contributed by atoms with van der Waals surface area (Å²) >= 11 is 0. The van der Waals surface area contributed by atoms with Gasteiger partial charge >= 0.3 is 0 Å². The first kappa shape index (κ1) is 11.3. The van der Waals surface area contributed by atoms with E-state index in [0.29, 0.717) is 0 Å². The van der Waals surface area contributed by atoms with E-state index in [4.69, 9.17) is 10.4 Å². The third kappa shape index (κ3) is 3.11. The lowest BCUT2D eigenvalue weighted by atomic mass is 10.3. The van der Waals surface area contributed by atoms with E-state index in [1.165, 1.54) is 12.3 Å². The Morgan fingerprint density at radius 3 is 2.93 bits per heavy atom. The molecule has 5 nitrogen and oxygen atoms in total. The summed E-state index contributed by atoms with van der Waals surface area (Å²) in [5.41, 5.74) is 0.124. The number of hydrogen-bond donors (Lipinski definition) is 2. The highest BCUT2D eigenvalue weighted by atomic mass is 19.3. The average Bonchev–Trinajstić information content (AvgIpc) is 2.27. The third-order valence-electron chi connectivity index (χ3n) is 1.59. The Balaban J connectivity index is 2.70. The minimum Gasteiger partial charge on any atom is -0.390 e. The van der Waals surface area contributed by atoms with E-state index >= 15 is 0 Å². The molecule has 1 rings (SSSR count). The lowest BCUT2D eigenvalue weighted by Gasteiger charge is -2.14. The van der Waals surface area contributed by atoms with Gasteiger partial charge in [0.2, 0.25) is 0 Å². The number of nitrogens with one attached hydrogen (secondary N) is 1. The zero-order valence-electron chi connectivity index (χ0n) is 7.61. The number of rotatable bonds is 4. The molecule has 0 atom stereocenters. The minimum atomic E-state index is -3.25. The largest absolute Gasteiger partial charge is 0.390 e. The van der Waals surface area contributed by atoms with Gasteiger partial charge in [0.1, 0.15) is 12.7 Å². The molecule has 0 fully saturated rings. The topological polar surface area (TPSA) is 81.8 Å². The van der Waals surface area contributed by atoms with E-state index in [9.17, 15) is 8.78 Å². The van der Waals surface area contributed by atoms with Crippen molar-refractivity contribution < 1.29 is 13.9 Å². The minimum absolute atomic E-state index is 0.0203. The fourth-order valence-corrected chi connectivity index (χ4v) is 0.821. The van der Waals surface area contributed by atoms with Gasteiger partial charge in [-0.3, -0.25) is 0 Å². The second kappa shape index (κ2) is 4.61. The molecule has 0 aliphatic heterocycles. The van der Waals surface area contributed by atoms with Gasteiger partial charge < -0.3 is 10.4 Å². The fraction of sp³-hybridized carbons (Fsp3) is 0.375. The Morgan fingerprint density at radius 2 is 2.33 bits per heavy atom. The van der Waals surface area contributed by atoms with Gasteiger partial charge in [-0.05, 0) is 6.07 Å². The van der Waals surface area contributed by atoms with Gasteiger partial charge in [0.15, 0.2) is 5.82 Å². The Kier molecular flexibility index (Phi) is 3.46. The van der Waals surface area contributed by atoms with Crippen LogP contribution in [0.3, 0.4) is 0 Å². The van der Waals surface area contributed by atoms with E-state index < -0.39 is 19.1 Å². The van der Waals surface area contributed by atoms with Crippen LogP contribution < -0.4 is 5.32 Å². The normalized spacial score (nSPS) is 10.8. The van der Waals surface area contributed by atoms with Gasteiger partial charge in [-0.2, -0.15) is 10.4 Å². The van der Waals surface area contributed by atoms with Crippen LogP contribution >= 0.6 is 0 Å². The number of anilines is 1. The molecule has 7 heteroatoms. The smallest absolute Gasteiger partial charge is 0.287 e. The first-order valence-electron chi connectivity index (χ1n) is 4.03. The number of nitriles is 1. The maximum atomic E-state index is 12.6. The molecule has 0 unspecified atom stereocenters. The second-order valence-corrected chi connectivity index (χ2v) is 2.77. The summed E-state index contributed by atoms with van der Waals surface area (Å²) in [6.45, 7) is -2.06. The van der Waals surface area contributed by atoms with E-state index in [1.54, 1.807) is 6.07 Å². The molecular formula is C8H8F2N4O. The SMILES string of the molecule is N#Cc1ccnnc1NCC(F)(F)CO. The highest BCUT2D eigenvalue weighted by Crippen LogP contribution is 2.14. The second-order valence-electron chi connectivity index (χ2n) is 2.77. The number of nitrogens with zero attached hydrogens (tertiary/aromatic N) is 3. The summed E-state index contributed by atoms with van der Waals surface area (Å²) in [7, 11) is 0. The van der Waals surface area contributed by atoms with E-state index in [-0.39, 0.29) is 11.4 Å². The van der Waals surface area contributed by atoms with Crippen LogP contribution in [-0.2, 0) is 0 Å². The predicted octanol–water partition coefficient (Wildman–Crippen LogP) is 0.388. The van der Waals surface area contributed by atoms with Gasteiger partial charge in [0.25, 0.3) is 5.92 Å². The van der Waals surface area contributed by atoms with Crippen molar-refractivity contribution >= 4 is 5.82 Å². The molecule has 0 aliphatic rings. The van der Waals surface area contributed by atoms with Crippen LogP contribution in [0.15, 0.2) is 12.3 Å². The Labute approximate surface area is 84.4 Å². The summed E-state index contributed by atoms with van der Waals surface area (Å²) in [5, 5.41) is 26.1. The van der Waals surface area contributed by atoms with Crippen molar-refractivity contribution in [1.82, 2.24) is 10.2 Å². The van der Waals surface area contributed by atoms with Crippen molar-refractivity contribution in [3.05, 3.63) is 17.8 Å². The van der Waals surface area contributed by atoms with Crippen molar-refractivity contribution in [2.45, 2.75) is 5.92 Å². The highest BCUT2D eigenvalue weighted by Gasteiger charge is 2.27. The van der Waals surface area contributed by atoms with E-state index in [2.05, 4.69) is 15.5 Å². The standard InChI is InChI=1S/C8H8F2N4O/c9-8(10,5-15)4-12-7-6(3-11)1-2-13-14-7/h1-2,15H,4-5H2,(H,12,14). The molecule has 1 aromatic heterocycles. The van der Waals surface area contributed by atoms with E-state index in [1.807, 2.05) is 0 Å². The first-order valence-corrected chi connectivity index (χ1v) is 4.03. The molecule has 1 heterocycles. The van der Waals surface area contributed by atoms with Gasteiger partial charge in [0.05, 0.1) is 18.3 Å². The first-order chi connectivity index (χ1) is 7.09. The zero-order valence-corrected chi connectivity index (χ0v) is 7.61. The maximum Gasteiger partial charge on any atom is 0.287 e. The summed E-state index contributed by atoms with van der Waals surface area (Å²) in [6.07, 6.45) is 1.29. The van der Waals surface area contributed by atoms with Gasteiger partial charge in [0, 0.05) is 0 Å². The van der Waals surface area contributed by atoms with Crippen molar-refractivity contribution in [3.8, 4) is 6.07 Å². The van der Waals surface area contributed by atoms with Crippen LogP contribution in [0, 0.1) is 11.3 Å². The number of alkyl halides is 2. The molecule has 0 saturated carbocycles. The number of halogens is 2. The van der Waals surface area contributed by atoms with Crippen molar-refractivity contribution in [2.24, 2.45) is 0 Å². The fourth-order valence-electron chi connectivity index (χ4n) is 0.821. The molecule has 0 aliphatic carbocycles. The summed E-state index contributed by atoms with van der Waals surface area (Å²) < 4.78 is 25.3. The summed E-state index contributed by atoms with van der Waals surface area (Å²) in [5.74, 6) is -3.27. The Bertz CT molecular complexity index is 377. The Morgan fingerprint density at radius 1 is 1.60 bits per heavy atom. The number of hydrogen-bond acceptors (Lipinski definition) is 5. The molecule has 80 valence electrons. The van der Waals surface area contributed by atoms with Gasteiger partial charge in [-0.25, -0.2) is 8.78 Å². The molecule has 0 bridgehead atoms. The summed E-state index contributed by atoms with van der Waals surface area (Å²) in [4.78, 5) is 0. The van der Waals surface area contributed by atoms with Gasteiger partial charge in [-0.15, -0.1) is 5.10 Å². The number of aromatic nitrogens is 2. The van der Waals surface area contributed by atoms with Crippen LogP contribution in [0.5, 0.6) is 0 Å². The lowest BCUT2D eigenvalue weighted by molar-refractivity contribution is -0.0373. The summed E-state index contributed by atoms with van der Waals surface area (Å²) in [6, 6.07) is 3.13. The van der Waals surface area contributed by atoms with Gasteiger partial charge in [-0.1, -0.05) is 0 Å². The number of aliphatic hydroxyl groups is 1. The molecule has 0 radical (unpaired) electrons. The molecule has 0 saturated heterocycles. The highest BCUT2D eigenvalue weighted by molar-refractivity contribution is 5.50. The van der Waals surface area contributed by atoms with Crippen LogP contribution in [0.4, 0.5) is 14.6 Å². The molecule has 1 aromatic rings. The van der Waals surface area contributed by atoms with Crippen molar-refractivity contribution in [3.63, 3.8) is 0 Å². The Hall–Kier alpha value is -1.81. The molecule has 0 amide bonds. The predicted molar refractivity (Wildman–Crippen MR) is 47.3 cm³/mol. The van der Waals surface area contributed by atoms with E-state index in [0.717, 1.165) is 0 Å². The molecular weight excluding hydrogens is 206 g/mol. The average molecular weight is 214 g/mol. The molecule has 15 heavy (non-hydrogen) atoms. The monoisotopic (exact) mass is 214 g/mol.